The fourth-order valence-electron chi connectivity index (χ4n) is 12.8. The zero-order valence-corrected chi connectivity index (χ0v) is 35.4. The van der Waals surface area contributed by atoms with Crippen LogP contribution in [-0.4, -0.2) is 0 Å². The molecule has 2 aliphatic carbocycles. The maximum Gasteiger partial charge on any atom is 0.0738 e. The van der Waals surface area contributed by atoms with Gasteiger partial charge in [-0.3, -0.25) is 0 Å². The van der Waals surface area contributed by atoms with Crippen LogP contribution < -0.4 is 0 Å². The van der Waals surface area contributed by atoms with E-state index in [0.29, 0.717) is 0 Å². The Labute approximate surface area is 376 Å². The summed E-state index contributed by atoms with van der Waals surface area (Å²) >= 11 is 0. The van der Waals surface area contributed by atoms with Crippen molar-refractivity contribution in [1.82, 2.24) is 0 Å². The average Bonchev–Trinajstić information content (AvgIpc) is 3.86. The summed E-state index contributed by atoms with van der Waals surface area (Å²) in [6.07, 6.45) is 0. The molecule has 0 amide bonds. The van der Waals surface area contributed by atoms with Crippen molar-refractivity contribution in [1.29, 1.82) is 0 Å². The molecule has 15 rings (SSSR count). The van der Waals surface area contributed by atoms with Crippen LogP contribution in [-0.2, 0) is 5.41 Å². The minimum absolute atomic E-state index is 0.549. The SMILES string of the molecule is c1ccc2c(c1)-c1ccccc1C21c2c(c3ccccc3c3ccccc23)-c2c1c1ccc(-c3c4ccccc4c(-c4ccc5ccccc5c4)c4ccccc34)cc1c1ccccc21. The molecule has 0 aliphatic heterocycles. The highest BCUT2D eigenvalue weighted by atomic mass is 14.5. The van der Waals surface area contributed by atoms with Gasteiger partial charge >= 0.3 is 0 Å². The van der Waals surface area contributed by atoms with Crippen LogP contribution in [0.4, 0.5) is 0 Å². The number of fused-ring (bicyclic) bond motifs is 23. The van der Waals surface area contributed by atoms with Crippen molar-refractivity contribution in [3.8, 4) is 44.5 Å². The highest BCUT2D eigenvalue weighted by Gasteiger charge is 2.54. The van der Waals surface area contributed by atoms with Crippen LogP contribution in [0.15, 0.2) is 231 Å². The van der Waals surface area contributed by atoms with Gasteiger partial charge in [0.2, 0.25) is 0 Å². The van der Waals surface area contributed by atoms with E-state index in [1.165, 1.54) is 142 Å². The van der Waals surface area contributed by atoms with Gasteiger partial charge < -0.3 is 0 Å². The standard InChI is InChI=1S/C65H38/c1-2-18-40-37-41(34-33-39(40)17-1)59-50-26-8-10-28-52(50)60(53-29-11-9-27-51(53)59)42-35-36-55-56(38-42)45-21-4-7-25-49(45)62-61-48-24-6-3-19-43(48)44-20-5-12-30-54(44)63(61)65(64(55)62)57-31-15-13-22-46(57)47-23-14-16-32-58(47)65/h1-38H. The molecular formula is C65H38. The van der Waals surface area contributed by atoms with Crippen molar-refractivity contribution in [3.63, 3.8) is 0 Å². The minimum Gasteiger partial charge on any atom is -0.0619 e. The summed E-state index contributed by atoms with van der Waals surface area (Å²) in [4.78, 5) is 0. The Hall–Kier alpha value is -8.32. The van der Waals surface area contributed by atoms with Crippen LogP contribution in [0, 0.1) is 0 Å². The molecule has 0 heterocycles. The molecule has 0 saturated carbocycles. The summed E-state index contributed by atoms with van der Waals surface area (Å²) in [7, 11) is 0. The quantitative estimate of drug-likeness (QED) is 0.120. The Morgan fingerprint density at radius 1 is 0.215 bits per heavy atom. The predicted octanol–water partition coefficient (Wildman–Crippen LogP) is 17.4. The zero-order valence-electron chi connectivity index (χ0n) is 35.4. The van der Waals surface area contributed by atoms with Gasteiger partial charge in [-0.1, -0.05) is 218 Å². The topological polar surface area (TPSA) is 0 Å². The lowest BCUT2D eigenvalue weighted by molar-refractivity contribution is 0.810. The summed E-state index contributed by atoms with van der Waals surface area (Å²) in [5, 5.41) is 18.0. The van der Waals surface area contributed by atoms with Gasteiger partial charge in [0, 0.05) is 0 Å². The van der Waals surface area contributed by atoms with Gasteiger partial charge in [0.25, 0.3) is 0 Å². The normalized spacial score (nSPS) is 13.4. The number of hydrogen-bond donors (Lipinski definition) is 0. The van der Waals surface area contributed by atoms with Crippen molar-refractivity contribution in [2.24, 2.45) is 0 Å². The van der Waals surface area contributed by atoms with Crippen LogP contribution >= 0.6 is 0 Å². The van der Waals surface area contributed by atoms with Crippen molar-refractivity contribution < 1.29 is 0 Å². The Morgan fingerprint density at radius 3 is 1.11 bits per heavy atom. The first-order valence-electron chi connectivity index (χ1n) is 22.8. The molecule has 0 saturated heterocycles. The highest BCUT2D eigenvalue weighted by molar-refractivity contribution is 6.29. The monoisotopic (exact) mass is 818 g/mol. The molecule has 0 unspecified atom stereocenters. The first-order chi connectivity index (χ1) is 32.3. The lowest BCUT2D eigenvalue weighted by Gasteiger charge is -2.33. The molecule has 0 heteroatoms. The summed E-state index contributed by atoms with van der Waals surface area (Å²) in [5.74, 6) is 0. The van der Waals surface area contributed by atoms with Gasteiger partial charge in [-0.05, 0) is 154 Å². The van der Waals surface area contributed by atoms with Crippen molar-refractivity contribution >= 4 is 75.4 Å². The maximum atomic E-state index is 2.53. The molecule has 298 valence electrons. The molecule has 13 aromatic carbocycles. The third-order valence-electron chi connectivity index (χ3n) is 15.2. The van der Waals surface area contributed by atoms with E-state index in [0.717, 1.165) is 0 Å². The number of hydrogen-bond acceptors (Lipinski definition) is 0. The van der Waals surface area contributed by atoms with E-state index in [9.17, 15) is 0 Å². The van der Waals surface area contributed by atoms with Crippen LogP contribution in [0.3, 0.4) is 0 Å². The second-order valence-corrected chi connectivity index (χ2v) is 18.1. The van der Waals surface area contributed by atoms with E-state index in [-0.39, 0.29) is 0 Å². The Kier molecular flexibility index (Phi) is 6.97. The van der Waals surface area contributed by atoms with E-state index in [2.05, 4.69) is 231 Å². The van der Waals surface area contributed by atoms with Crippen molar-refractivity contribution in [3.05, 3.63) is 253 Å². The molecular weight excluding hydrogens is 781 g/mol. The zero-order chi connectivity index (χ0) is 42.4. The van der Waals surface area contributed by atoms with Crippen molar-refractivity contribution in [2.45, 2.75) is 5.41 Å². The van der Waals surface area contributed by atoms with E-state index in [1.54, 1.807) is 0 Å². The Morgan fingerprint density at radius 2 is 0.569 bits per heavy atom. The molecule has 0 N–H and O–H groups in total. The first-order valence-corrected chi connectivity index (χ1v) is 22.8. The fraction of sp³-hybridized carbons (Fsp3) is 0.0154. The smallest absolute Gasteiger partial charge is 0.0619 e. The molecule has 1 spiro atoms. The predicted molar refractivity (Wildman–Crippen MR) is 276 cm³/mol. The van der Waals surface area contributed by atoms with Gasteiger partial charge in [0.15, 0.2) is 0 Å². The van der Waals surface area contributed by atoms with Gasteiger partial charge in [-0.25, -0.2) is 0 Å². The Bertz CT molecular complexity index is 4140. The molecule has 0 aromatic heterocycles. The summed E-state index contributed by atoms with van der Waals surface area (Å²) in [5.41, 5.74) is 15.4. The number of rotatable bonds is 2. The van der Waals surface area contributed by atoms with Crippen LogP contribution in [0.25, 0.3) is 120 Å². The van der Waals surface area contributed by atoms with Crippen LogP contribution in [0.2, 0.25) is 0 Å². The molecule has 0 radical (unpaired) electrons. The third-order valence-corrected chi connectivity index (χ3v) is 15.2. The second kappa shape index (κ2) is 12.9. The van der Waals surface area contributed by atoms with Gasteiger partial charge in [-0.15, -0.1) is 0 Å². The van der Waals surface area contributed by atoms with Gasteiger partial charge in [0.1, 0.15) is 0 Å². The van der Waals surface area contributed by atoms with Crippen LogP contribution in [0.5, 0.6) is 0 Å². The van der Waals surface area contributed by atoms with E-state index < -0.39 is 5.41 Å². The van der Waals surface area contributed by atoms with E-state index >= 15 is 0 Å². The molecule has 0 nitrogen and oxygen atoms in total. The second-order valence-electron chi connectivity index (χ2n) is 18.1. The first kappa shape index (κ1) is 35.2. The molecule has 0 bridgehead atoms. The number of benzene rings is 13. The fourth-order valence-corrected chi connectivity index (χ4v) is 12.8. The highest BCUT2D eigenvalue weighted by Crippen LogP contribution is 2.68. The summed E-state index contributed by atoms with van der Waals surface area (Å²) in [6.45, 7) is 0. The van der Waals surface area contributed by atoms with Gasteiger partial charge in [0.05, 0.1) is 5.41 Å². The lowest BCUT2D eigenvalue weighted by atomic mass is 9.67. The lowest BCUT2D eigenvalue weighted by Crippen LogP contribution is -2.26. The van der Waals surface area contributed by atoms with Gasteiger partial charge in [-0.2, -0.15) is 0 Å². The molecule has 13 aromatic rings. The Balaban J connectivity index is 1.10. The third kappa shape index (κ3) is 4.46. The van der Waals surface area contributed by atoms with E-state index in [4.69, 9.17) is 0 Å². The average molecular weight is 819 g/mol. The van der Waals surface area contributed by atoms with Crippen molar-refractivity contribution in [2.75, 3.05) is 0 Å². The molecule has 2 aliphatic rings. The van der Waals surface area contributed by atoms with E-state index in [1.807, 2.05) is 0 Å². The maximum absolute atomic E-state index is 2.53. The minimum atomic E-state index is -0.549. The summed E-state index contributed by atoms with van der Waals surface area (Å²) < 4.78 is 0. The van der Waals surface area contributed by atoms with Crippen LogP contribution in [0.1, 0.15) is 22.3 Å². The molecule has 0 atom stereocenters. The molecule has 0 fully saturated rings. The molecule has 65 heavy (non-hydrogen) atoms. The largest absolute Gasteiger partial charge is 0.0738 e. The summed E-state index contributed by atoms with van der Waals surface area (Å²) in [6, 6.07) is 87.2.